The normalized spacial score (nSPS) is 23.9. The highest BCUT2D eigenvalue weighted by Gasteiger charge is 2.25. The standard InChI is InChI=1S/C15H29N3O2/c1-2-20-15(19)14(16)12-18-9-5-13(6-10-18)11-17-7-3-4-8-17/h13-14H,2-12,16H2,1H3. The van der Waals surface area contributed by atoms with Crippen LogP contribution in [-0.2, 0) is 9.53 Å². The highest BCUT2D eigenvalue weighted by atomic mass is 16.5. The molecule has 0 aromatic rings. The van der Waals surface area contributed by atoms with Gasteiger partial charge in [0.05, 0.1) is 6.61 Å². The van der Waals surface area contributed by atoms with Crippen molar-refractivity contribution in [1.29, 1.82) is 0 Å². The van der Waals surface area contributed by atoms with Gasteiger partial charge in [-0.2, -0.15) is 0 Å². The van der Waals surface area contributed by atoms with Crippen LogP contribution in [0.2, 0.25) is 0 Å². The number of rotatable bonds is 6. The van der Waals surface area contributed by atoms with Gasteiger partial charge in [0.15, 0.2) is 0 Å². The molecule has 2 fully saturated rings. The first-order valence-corrected chi connectivity index (χ1v) is 8.06. The number of nitrogens with two attached hydrogens (primary N) is 1. The third-order valence-corrected chi connectivity index (χ3v) is 4.47. The van der Waals surface area contributed by atoms with Crippen molar-refractivity contribution in [1.82, 2.24) is 9.80 Å². The van der Waals surface area contributed by atoms with Crippen LogP contribution >= 0.6 is 0 Å². The molecule has 0 bridgehead atoms. The zero-order valence-electron chi connectivity index (χ0n) is 12.7. The first-order valence-electron chi connectivity index (χ1n) is 8.06. The molecule has 2 N–H and O–H groups in total. The molecule has 2 aliphatic rings. The van der Waals surface area contributed by atoms with Crippen molar-refractivity contribution in [2.75, 3.05) is 45.9 Å². The van der Waals surface area contributed by atoms with Crippen LogP contribution in [-0.4, -0.2) is 67.7 Å². The summed E-state index contributed by atoms with van der Waals surface area (Å²) in [5.74, 6) is 0.551. The topological polar surface area (TPSA) is 58.8 Å². The molecule has 0 aromatic carbocycles. The summed E-state index contributed by atoms with van der Waals surface area (Å²) in [6.45, 7) is 8.81. The Morgan fingerprint density at radius 3 is 2.45 bits per heavy atom. The van der Waals surface area contributed by atoms with Crippen molar-refractivity contribution >= 4 is 5.97 Å². The molecule has 116 valence electrons. The maximum atomic E-state index is 11.5. The summed E-state index contributed by atoms with van der Waals surface area (Å²) in [6.07, 6.45) is 5.19. The molecule has 0 amide bonds. The van der Waals surface area contributed by atoms with E-state index >= 15 is 0 Å². The second kappa shape index (κ2) is 7.96. The number of ether oxygens (including phenoxy) is 1. The molecule has 0 aromatic heterocycles. The van der Waals surface area contributed by atoms with Crippen molar-refractivity contribution in [3.05, 3.63) is 0 Å². The minimum atomic E-state index is -0.495. The van der Waals surface area contributed by atoms with Gasteiger partial charge < -0.3 is 20.3 Å². The summed E-state index contributed by atoms with van der Waals surface area (Å²) in [5, 5.41) is 0. The van der Waals surface area contributed by atoms with E-state index in [1.807, 2.05) is 6.92 Å². The summed E-state index contributed by atoms with van der Waals surface area (Å²) in [5.41, 5.74) is 5.88. The number of carbonyl (C=O) groups excluding carboxylic acids is 1. The maximum absolute atomic E-state index is 11.5. The molecule has 1 atom stereocenters. The molecule has 1 unspecified atom stereocenters. The average Bonchev–Trinajstić information content (AvgIpc) is 2.94. The first-order chi connectivity index (χ1) is 9.69. The van der Waals surface area contributed by atoms with Crippen LogP contribution in [0.1, 0.15) is 32.6 Å². The van der Waals surface area contributed by atoms with E-state index in [1.54, 1.807) is 0 Å². The Kier molecular flexibility index (Phi) is 6.26. The number of hydrogen-bond donors (Lipinski definition) is 1. The quantitative estimate of drug-likeness (QED) is 0.727. The summed E-state index contributed by atoms with van der Waals surface area (Å²) in [7, 11) is 0. The van der Waals surface area contributed by atoms with Crippen LogP contribution < -0.4 is 5.73 Å². The largest absolute Gasteiger partial charge is 0.465 e. The second-order valence-corrected chi connectivity index (χ2v) is 6.11. The van der Waals surface area contributed by atoms with E-state index in [0.29, 0.717) is 13.2 Å². The van der Waals surface area contributed by atoms with Crippen LogP contribution in [0.25, 0.3) is 0 Å². The first kappa shape index (κ1) is 15.7. The molecular formula is C15H29N3O2. The van der Waals surface area contributed by atoms with Gasteiger partial charge in [-0.05, 0) is 64.7 Å². The second-order valence-electron chi connectivity index (χ2n) is 6.11. The van der Waals surface area contributed by atoms with Crippen molar-refractivity contribution in [3.63, 3.8) is 0 Å². The van der Waals surface area contributed by atoms with Gasteiger partial charge in [0.1, 0.15) is 6.04 Å². The summed E-state index contributed by atoms with van der Waals surface area (Å²) >= 11 is 0. The van der Waals surface area contributed by atoms with Gasteiger partial charge in [0.2, 0.25) is 0 Å². The minimum Gasteiger partial charge on any atom is -0.465 e. The molecule has 2 saturated heterocycles. The summed E-state index contributed by atoms with van der Waals surface area (Å²) < 4.78 is 4.96. The Morgan fingerprint density at radius 1 is 1.20 bits per heavy atom. The molecular weight excluding hydrogens is 254 g/mol. The molecule has 5 heteroatoms. The van der Waals surface area contributed by atoms with Gasteiger partial charge >= 0.3 is 5.97 Å². The van der Waals surface area contributed by atoms with Crippen molar-refractivity contribution in [2.24, 2.45) is 11.7 Å². The fourth-order valence-electron chi connectivity index (χ4n) is 3.28. The lowest BCUT2D eigenvalue weighted by Crippen LogP contribution is -2.47. The highest BCUT2D eigenvalue weighted by Crippen LogP contribution is 2.20. The molecule has 5 nitrogen and oxygen atoms in total. The number of hydrogen-bond acceptors (Lipinski definition) is 5. The van der Waals surface area contributed by atoms with Crippen molar-refractivity contribution in [2.45, 2.75) is 38.6 Å². The van der Waals surface area contributed by atoms with Crippen LogP contribution in [0, 0.1) is 5.92 Å². The average molecular weight is 283 g/mol. The molecule has 20 heavy (non-hydrogen) atoms. The predicted molar refractivity (Wildman–Crippen MR) is 79.4 cm³/mol. The van der Waals surface area contributed by atoms with Crippen LogP contribution in [0.3, 0.4) is 0 Å². The monoisotopic (exact) mass is 283 g/mol. The lowest BCUT2D eigenvalue weighted by atomic mass is 9.96. The number of esters is 1. The zero-order valence-corrected chi connectivity index (χ0v) is 12.7. The number of nitrogens with zero attached hydrogens (tertiary/aromatic N) is 2. The third kappa shape index (κ3) is 4.72. The Morgan fingerprint density at radius 2 is 1.85 bits per heavy atom. The fourth-order valence-corrected chi connectivity index (χ4v) is 3.28. The molecule has 0 aliphatic carbocycles. The van der Waals surface area contributed by atoms with Crippen LogP contribution in [0.15, 0.2) is 0 Å². The molecule has 2 heterocycles. The number of carbonyl (C=O) groups is 1. The zero-order chi connectivity index (χ0) is 14.4. The predicted octanol–water partition coefficient (Wildman–Crippen LogP) is 0.685. The van der Waals surface area contributed by atoms with Gasteiger partial charge in [0, 0.05) is 13.1 Å². The Bertz CT molecular complexity index is 297. The van der Waals surface area contributed by atoms with Gasteiger partial charge in [-0.25, -0.2) is 0 Å². The SMILES string of the molecule is CCOC(=O)C(N)CN1CCC(CN2CCCC2)CC1. The van der Waals surface area contributed by atoms with Crippen LogP contribution in [0.4, 0.5) is 0 Å². The highest BCUT2D eigenvalue weighted by molar-refractivity contribution is 5.75. The van der Waals surface area contributed by atoms with Gasteiger partial charge in [-0.15, -0.1) is 0 Å². The van der Waals surface area contributed by atoms with E-state index in [9.17, 15) is 4.79 Å². The van der Waals surface area contributed by atoms with E-state index in [-0.39, 0.29) is 5.97 Å². The smallest absolute Gasteiger partial charge is 0.324 e. The van der Waals surface area contributed by atoms with Crippen molar-refractivity contribution in [3.8, 4) is 0 Å². The van der Waals surface area contributed by atoms with Crippen molar-refractivity contribution < 1.29 is 9.53 Å². The lowest BCUT2D eigenvalue weighted by molar-refractivity contribution is -0.145. The van der Waals surface area contributed by atoms with E-state index in [2.05, 4.69) is 9.80 Å². The molecule has 2 aliphatic heterocycles. The summed E-state index contributed by atoms with van der Waals surface area (Å²) in [4.78, 5) is 16.4. The molecule has 0 spiro atoms. The summed E-state index contributed by atoms with van der Waals surface area (Å²) in [6, 6.07) is -0.495. The fraction of sp³-hybridized carbons (Fsp3) is 0.933. The number of piperidine rings is 1. The van der Waals surface area contributed by atoms with Gasteiger partial charge in [-0.3, -0.25) is 4.79 Å². The minimum absolute atomic E-state index is 0.272. The van der Waals surface area contributed by atoms with E-state index in [0.717, 1.165) is 19.0 Å². The number of likely N-dealkylation sites (tertiary alicyclic amines) is 2. The molecule has 0 saturated carbocycles. The molecule has 2 rings (SSSR count). The Hall–Kier alpha value is -0.650. The Labute approximate surface area is 122 Å². The van der Waals surface area contributed by atoms with E-state index in [4.69, 9.17) is 10.5 Å². The van der Waals surface area contributed by atoms with E-state index in [1.165, 1.54) is 45.3 Å². The maximum Gasteiger partial charge on any atom is 0.324 e. The van der Waals surface area contributed by atoms with E-state index < -0.39 is 6.04 Å². The molecule has 0 radical (unpaired) electrons. The Balaban J connectivity index is 1.64. The van der Waals surface area contributed by atoms with Gasteiger partial charge in [0.25, 0.3) is 0 Å². The third-order valence-electron chi connectivity index (χ3n) is 4.47. The lowest BCUT2D eigenvalue weighted by Gasteiger charge is -2.34. The van der Waals surface area contributed by atoms with Crippen LogP contribution in [0.5, 0.6) is 0 Å². The van der Waals surface area contributed by atoms with Gasteiger partial charge in [-0.1, -0.05) is 0 Å².